The Labute approximate surface area is 179 Å². The minimum atomic E-state index is -4.46. The smallest absolute Gasteiger partial charge is 0.416 e. The number of benzene rings is 2. The number of nitrogens with zero attached hydrogens (tertiary/aromatic N) is 3. The van der Waals surface area contributed by atoms with Crippen LogP contribution in [0.1, 0.15) is 17.0 Å². The molecule has 0 atom stereocenters. The van der Waals surface area contributed by atoms with Crippen LogP contribution in [0.4, 0.5) is 13.2 Å². The second kappa shape index (κ2) is 8.88. The van der Waals surface area contributed by atoms with Crippen molar-refractivity contribution in [2.75, 3.05) is 6.61 Å². The maximum atomic E-state index is 12.7. The summed E-state index contributed by atoms with van der Waals surface area (Å²) in [5, 5.41) is 12.9. The number of aliphatic carboxylic acids is 1. The molecule has 0 aliphatic carbocycles. The van der Waals surface area contributed by atoms with Crippen molar-refractivity contribution in [3.05, 3.63) is 69.9 Å². The van der Waals surface area contributed by atoms with E-state index in [0.29, 0.717) is 17.3 Å². The van der Waals surface area contributed by atoms with Gasteiger partial charge >= 0.3 is 17.8 Å². The van der Waals surface area contributed by atoms with Gasteiger partial charge in [0.2, 0.25) is 0 Å². The Hall–Kier alpha value is -3.21. The van der Waals surface area contributed by atoms with Gasteiger partial charge in [-0.1, -0.05) is 0 Å². The third kappa shape index (κ3) is 5.29. The van der Waals surface area contributed by atoms with Crippen LogP contribution < -0.4 is 10.4 Å². The number of aromatic nitrogens is 3. The van der Waals surface area contributed by atoms with Crippen molar-refractivity contribution in [3.8, 4) is 11.4 Å². The molecule has 11 heteroatoms. The monoisotopic (exact) mass is 453 g/mol. The second-order valence-electron chi connectivity index (χ2n) is 6.61. The van der Waals surface area contributed by atoms with Crippen LogP contribution in [0.15, 0.2) is 52.2 Å². The van der Waals surface area contributed by atoms with Gasteiger partial charge in [0, 0.05) is 11.9 Å². The number of carbonyl (C=O) groups is 1. The number of carboxylic acid groups (broad SMARTS) is 1. The maximum absolute atomic E-state index is 12.7. The Morgan fingerprint density at radius 1 is 1.19 bits per heavy atom. The Balaban J connectivity index is 1.74. The third-order valence-electron chi connectivity index (χ3n) is 4.38. The van der Waals surface area contributed by atoms with E-state index in [1.54, 1.807) is 26.1 Å². The molecule has 0 radical (unpaired) electrons. The lowest BCUT2D eigenvalue weighted by Gasteiger charge is -2.08. The molecule has 0 amide bonds. The number of hydrogen-bond acceptors (Lipinski definition) is 5. The van der Waals surface area contributed by atoms with Crippen LogP contribution in [0.25, 0.3) is 5.69 Å². The average molecular weight is 453 g/mol. The molecule has 0 saturated carbocycles. The molecule has 3 rings (SSSR count). The zero-order valence-corrected chi connectivity index (χ0v) is 17.3. The highest BCUT2D eigenvalue weighted by atomic mass is 32.2. The van der Waals surface area contributed by atoms with E-state index in [0.717, 1.165) is 27.3 Å². The molecule has 3 aromatic rings. The van der Waals surface area contributed by atoms with Gasteiger partial charge in [0.05, 0.1) is 17.0 Å². The number of rotatable bonds is 7. The first-order valence-electron chi connectivity index (χ1n) is 8.97. The molecule has 2 aromatic carbocycles. The molecule has 1 heterocycles. The third-order valence-corrected chi connectivity index (χ3v) is 5.37. The minimum absolute atomic E-state index is 0.237. The van der Waals surface area contributed by atoms with Crippen LogP contribution >= 0.6 is 11.8 Å². The van der Waals surface area contributed by atoms with Gasteiger partial charge in [0.1, 0.15) is 11.6 Å². The van der Waals surface area contributed by atoms with Crippen LogP contribution in [0.2, 0.25) is 0 Å². The number of hydrogen-bond donors (Lipinski definition) is 1. The molecule has 0 saturated heterocycles. The van der Waals surface area contributed by atoms with Gasteiger partial charge in [-0.2, -0.15) is 17.9 Å². The van der Waals surface area contributed by atoms with Gasteiger partial charge in [-0.15, -0.1) is 16.9 Å². The zero-order chi connectivity index (χ0) is 22.8. The van der Waals surface area contributed by atoms with Crippen molar-refractivity contribution in [3.63, 3.8) is 0 Å². The van der Waals surface area contributed by atoms with Crippen molar-refractivity contribution in [1.29, 1.82) is 0 Å². The molecule has 0 unspecified atom stereocenters. The number of alkyl halides is 3. The quantitative estimate of drug-likeness (QED) is 0.550. The van der Waals surface area contributed by atoms with E-state index in [2.05, 4.69) is 5.10 Å². The summed E-state index contributed by atoms with van der Waals surface area (Å²) < 4.78 is 45.8. The Kier molecular flexibility index (Phi) is 6.44. The molecule has 164 valence electrons. The van der Waals surface area contributed by atoms with Gasteiger partial charge in [0.15, 0.2) is 6.61 Å². The fourth-order valence-corrected chi connectivity index (χ4v) is 3.70. The summed E-state index contributed by atoms with van der Waals surface area (Å²) in [6, 6.07) is 9.47. The standard InChI is InChI=1S/C20H18F3N3O4S/c1-12-9-15(7-8-16(12)30-10-18(27)28)31-11-17-24-26(19(29)25(17)2)14-5-3-13(4-6-14)20(21,22)23/h3-9H,10-11H2,1-2H3,(H,27,28). The highest BCUT2D eigenvalue weighted by molar-refractivity contribution is 7.98. The molecule has 0 spiro atoms. The molecule has 0 bridgehead atoms. The molecule has 1 N–H and O–H groups in total. The summed E-state index contributed by atoms with van der Waals surface area (Å²) in [7, 11) is 1.54. The van der Waals surface area contributed by atoms with Crippen molar-refractivity contribution < 1.29 is 27.8 Å². The Bertz CT molecular complexity index is 1150. The Morgan fingerprint density at radius 2 is 1.87 bits per heavy atom. The van der Waals surface area contributed by atoms with Gasteiger partial charge in [0.25, 0.3) is 0 Å². The fourth-order valence-electron chi connectivity index (χ4n) is 2.72. The SMILES string of the molecule is Cc1cc(SCc2nn(-c3ccc(C(F)(F)F)cc3)c(=O)n2C)ccc1OCC(=O)O. The van der Waals surface area contributed by atoms with Gasteiger partial charge in [-0.3, -0.25) is 4.57 Å². The molecule has 0 fully saturated rings. The zero-order valence-electron chi connectivity index (χ0n) is 16.5. The normalized spacial score (nSPS) is 11.5. The predicted molar refractivity (Wildman–Crippen MR) is 108 cm³/mol. The van der Waals surface area contributed by atoms with E-state index < -0.39 is 30.0 Å². The number of carboxylic acids is 1. The largest absolute Gasteiger partial charge is 0.482 e. The number of aryl methyl sites for hydroxylation is 1. The fraction of sp³-hybridized carbons (Fsp3) is 0.250. The topological polar surface area (TPSA) is 86.4 Å². The number of halogens is 3. The summed E-state index contributed by atoms with van der Waals surface area (Å²) in [6.07, 6.45) is -4.46. The summed E-state index contributed by atoms with van der Waals surface area (Å²) in [6.45, 7) is 1.35. The summed E-state index contributed by atoms with van der Waals surface area (Å²) >= 11 is 1.40. The molecular formula is C20H18F3N3O4S. The molecule has 7 nitrogen and oxygen atoms in total. The second-order valence-corrected chi connectivity index (χ2v) is 7.66. The van der Waals surface area contributed by atoms with Crippen molar-refractivity contribution in [2.24, 2.45) is 7.05 Å². The highest BCUT2D eigenvalue weighted by Crippen LogP contribution is 2.30. The van der Waals surface area contributed by atoms with Crippen LogP contribution in [-0.4, -0.2) is 32.0 Å². The van der Waals surface area contributed by atoms with E-state index in [-0.39, 0.29) is 5.69 Å². The minimum Gasteiger partial charge on any atom is -0.482 e. The van der Waals surface area contributed by atoms with E-state index in [1.165, 1.54) is 28.5 Å². The van der Waals surface area contributed by atoms with Crippen molar-refractivity contribution in [1.82, 2.24) is 14.3 Å². The van der Waals surface area contributed by atoms with Crippen molar-refractivity contribution in [2.45, 2.75) is 23.7 Å². The average Bonchev–Trinajstić information content (AvgIpc) is 2.99. The van der Waals surface area contributed by atoms with Gasteiger partial charge < -0.3 is 9.84 Å². The highest BCUT2D eigenvalue weighted by Gasteiger charge is 2.30. The molecule has 0 aliphatic rings. The first-order chi connectivity index (χ1) is 14.6. The molecule has 1 aromatic heterocycles. The summed E-state index contributed by atoms with van der Waals surface area (Å²) in [5.74, 6) is 0.181. The Morgan fingerprint density at radius 3 is 2.45 bits per heavy atom. The number of ether oxygens (including phenoxy) is 1. The number of thioether (sulfide) groups is 1. The van der Waals surface area contributed by atoms with E-state index in [1.807, 2.05) is 6.07 Å². The molecular weight excluding hydrogens is 435 g/mol. The summed E-state index contributed by atoms with van der Waals surface area (Å²) in [4.78, 5) is 24.0. The lowest BCUT2D eigenvalue weighted by molar-refractivity contribution is -0.139. The van der Waals surface area contributed by atoms with E-state index in [4.69, 9.17) is 9.84 Å². The van der Waals surface area contributed by atoms with E-state index >= 15 is 0 Å². The summed E-state index contributed by atoms with van der Waals surface area (Å²) in [5.41, 5.74) is -0.276. The first-order valence-corrected chi connectivity index (χ1v) is 9.95. The predicted octanol–water partition coefficient (Wildman–Crippen LogP) is 3.65. The lowest BCUT2D eigenvalue weighted by Crippen LogP contribution is -2.22. The van der Waals surface area contributed by atoms with Crippen LogP contribution in [-0.2, 0) is 23.8 Å². The van der Waals surface area contributed by atoms with Crippen LogP contribution in [0.5, 0.6) is 5.75 Å². The van der Waals surface area contributed by atoms with Crippen LogP contribution in [0.3, 0.4) is 0 Å². The molecule has 0 aliphatic heterocycles. The molecule has 31 heavy (non-hydrogen) atoms. The van der Waals surface area contributed by atoms with Gasteiger partial charge in [-0.25, -0.2) is 9.59 Å². The van der Waals surface area contributed by atoms with E-state index in [9.17, 15) is 22.8 Å². The van der Waals surface area contributed by atoms with Gasteiger partial charge in [-0.05, 0) is 55.0 Å². The van der Waals surface area contributed by atoms with Crippen molar-refractivity contribution >= 4 is 17.7 Å². The first kappa shape index (κ1) is 22.5. The van der Waals surface area contributed by atoms with Crippen LogP contribution in [0, 0.1) is 6.92 Å². The lowest BCUT2D eigenvalue weighted by atomic mass is 10.2. The maximum Gasteiger partial charge on any atom is 0.416 e.